The average molecular weight is 324 g/mol. The van der Waals surface area contributed by atoms with Crippen LogP contribution < -0.4 is 0 Å². The molecule has 0 aliphatic carbocycles. The van der Waals surface area contributed by atoms with Crippen LogP contribution in [0.4, 0.5) is 0 Å². The van der Waals surface area contributed by atoms with E-state index in [1.807, 2.05) is 29.3 Å². The lowest BCUT2D eigenvalue weighted by Crippen LogP contribution is -2.45. The van der Waals surface area contributed by atoms with Gasteiger partial charge in [0.05, 0.1) is 6.54 Å². The molecular weight excluding hydrogens is 304 g/mol. The fourth-order valence-corrected chi connectivity index (χ4v) is 3.63. The summed E-state index contributed by atoms with van der Waals surface area (Å²) in [6.07, 6.45) is 4.22. The highest BCUT2D eigenvalue weighted by Crippen LogP contribution is 2.31. The molecule has 1 aliphatic heterocycles. The lowest BCUT2D eigenvalue weighted by molar-refractivity contribution is -0.144. The van der Waals surface area contributed by atoms with E-state index in [2.05, 4.69) is 27.5 Å². The van der Waals surface area contributed by atoms with Crippen LogP contribution in [-0.4, -0.2) is 36.6 Å². The van der Waals surface area contributed by atoms with Crippen molar-refractivity contribution < 1.29 is 9.90 Å². The minimum Gasteiger partial charge on any atom is -0.480 e. The van der Waals surface area contributed by atoms with E-state index in [1.165, 1.54) is 0 Å². The van der Waals surface area contributed by atoms with Gasteiger partial charge in [-0.2, -0.15) is 0 Å². The predicted octanol–water partition coefficient (Wildman–Crippen LogP) is 2.40. The molecule has 2 aromatic heterocycles. The van der Waals surface area contributed by atoms with E-state index in [0.717, 1.165) is 34.5 Å². The Bertz CT molecular complexity index is 895. The minimum atomic E-state index is -0.777. The third-order valence-corrected chi connectivity index (χ3v) is 4.87. The van der Waals surface area contributed by atoms with E-state index < -0.39 is 12.0 Å². The van der Waals surface area contributed by atoms with E-state index in [1.54, 1.807) is 6.20 Å². The van der Waals surface area contributed by atoms with Gasteiger partial charge < -0.3 is 14.7 Å². The van der Waals surface area contributed by atoms with Crippen LogP contribution in [0.1, 0.15) is 24.0 Å². The number of imidazole rings is 1. The summed E-state index contributed by atoms with van der Waals surface area (Å²) >= 11 is 0. The molecule has 3 aromatic rings. The number of carbonyl (C=O) groups is 1. The van der Waals surface area contributed by atoms with Crippen LogP contribution in [0, 0.1) is 0 Å². The lowest BCUT2D eigenvalue weighted by atomic mass is 9.96. The van der Waals surface area contributed by atoms with Gasteiger partial charge in [-0.15, -0.1) is 0 Å². The number of hydrogen-bond donors (Lipinski definition) is 2. The summed E-state index contributed by atoms with van der Waals surface area (Å²) < 4.78 is 2.06. The van der Waals surface area contributed by atoms with E-state index in [9.17, 15) is 9.90 Å². The van der Waals surface area contributed by atoms with Gasteiger partial charge in [0.25, 0.3) is 0 Å². The zero-order chi connectivity index (χ0) is 16.7. The third-order valence-electron chi connectivity index (χ3n) is 4.87. The number of benzene rings is 1. The van der Waals surface area contributed by atoms with Crippen molar-refractivity contribution in [2.75, 3.05) is 0 Å². The number of carboxylic acid groups (broad SMARTS) is 1. The Balaban J connectivity index is 1.70. The van der Waals surface area contributed by atoms with Gasteiger partial charge in [-0.05, 0) is 18.6 Å². The van der Waals surface area contributed by atoms with Gasteiger partial charge in [-0.25, -0.2) is 4.98 Å². The maximum absolute atomic E-state index is 11.8. The number of aromatic nitrogens is 3. The molecule has 6 heteroatoms. The fourth-order valence-electron chi connectivity index (χ4n) is 3.63. The number of aliphatic carboxylic acids is 1. The molecule has 6 nitrogen and oxygen atoms in total. The average Bonchev–Trinajstić information content (AvgIpc) is 3.17. The maximum atomic E-state index is 11.8. The van der Waals surface area contributed by atoms with Crippen molar-refractivity contribution in [3.63, 3.8) is 0 Å². The Morgan fingerprint density at radius 1 is 1.42 bits per heavy atom. The van der Waals surface area contributed by atoms with E-state index in [4.69, 9.17) is 0 Å². The first-order valence-electron chi connectivity index (χ1n) is 8.22. The first kappa shape index (κ1) is 15.0. The van der Waals surface area contributed by atoms with Crippen LogP contribution in [-0.2, 0) is 30.8 Å². The largest absolute Gasteiger partial charge is 0.480 e. The second kappa shape index (κ2) is 5.79. The molecule has 0 radical (unpaired) electrons. The number of hydrogen-bond acceptors (Lipinski definition) is 3. The fraction of sp³-hybridized carbons (Fsp3) is 0.333. The smallest absolute Gasteiger partial charge is 0.321 e. The predicted molar refractivity (Wildman–Crippen MR) is 90.6 cm³/mol. The number of carboxylic acids is 1. The summed E-state index contributed by atoms with van der Waals surface area (Å²) in [6, 6.07) is 7.56. The number of para-hydroxylation sites is 1. The maximum Gasteiger partial charge on any atom is 0.321 e. The Kier molecular flexibility index (Phi) is 3.61. The summed E-state index contributed by atoms with van der Waals surface area (Å²) in [4.78, 5) is 21.7. The van der Waals surface area contributed by atoms with E-state index in [0.29, 0.717) is 19.5 Å². The molecule has 0 saturated carbocycles. The second-order valence-electron chi connectivity index (χ2n) is 6.22. The number of fused-ring (bicyclic) bond motifs is 3. The first-order chi connectivity index (χ1) is 11.7. The minimum absolute atomic E-state index is 0.515. The van der Waals surface area contributed by atoms with Crippen molar-refractivity contribution in [1.82, 2.24) is 19.4 Å². The summed E-state index contributed by atoms with van der Waals surface area (Å²) in [5, 5.41) is 10.9. The number of nitrogens with one attached hydrogen (secondary N) is 1. The summed E-state index contributed by atoms with van der Waals surface area (Å²) in [5.74, 6) is 0.129. The standard InChI is InChI=1S/C18H20N4O2/c1-2-21-8-7-19-17(21)11-22-10-15-13(9-16(22)18(23)24)12-5-3-4-6-14(12)20-15/h3-8,16,20H,2,9-11H2,1H3,(H,23,24). The number of rotatable bonds is 4. The van der Waals surface area contributed by atoms with Crippen LogP contribution >= 0.6 is 0 Å². The molecule has 4 rings (SSSR count). The van der Waals surface area contributed by atoms with Gasteiger partial charge in [-0.1, -0.05) is 18.2 Å². The molecule has 124 valence electrons. The van der Waals surface area contributed by atoms with Crippen LogP contribution in [0.15, 0.2) is 36.7 Å². The topological polar surface area (TPSA) is 74.2 Å². The number of aryl methyl sites for hydroxylation is 1. The Labute approximate surface area is 139 Å². The van der Waals surface area contributed by atoms with Crippen LogP contribution in [0.2, 0.25) is 0 Å². The van der Waals surface area contributed by atoms with Gasteiger partial charge in [-0.3, -0.25) is 9.69 Å². The molecule has 3 heterocycles. The Morgan fingerprint density at radius 2 is 2.25 bits per heavy atom. The van der Waals surface area contributed by atoms with Gasteiger partial charge in [0.1, 0.15) is 11.9 Å². The van der Waals surface area contributed by atoms with Gasteiger partial charge in [0.2, 0.25) is 0 Å². The molecule has 1 atom stereocenters. The van der Waals surface area contributed by atoms with Crippen molar-refractivity contribution in [2.24, 2.45) is 0 Å². The second-order valence-corrected chi connectivity index (χ2v) is 6.22. The molecule has 24 heavy (non-hydrogen) atoms. The molecule has 0 bridgehead atoms. The Morgan fingerprint density at radius 3 is 3.04 bits per heavy atom. The highest BCUT2D eigenvalue weighted by Gasteiger charge is 2.34. The van der Waals surface area contributed by atoms with Crippen LogP contribution in [0.25, 0.3) is 10.9 Å². The quantitative estimate of drug-likeness (QED) is 0.773. The highest BCUT2D eigenvalue weighted by molar-refractivity contribution is 5.86. The zero-order valence-electron chi connectivity index (χ0n) is 13.6. The first-order valence-corrected chi connectivity index (χ1v) is 8.22. The lowest BCUT2D eigenvalue weighted by Gasteiger charge is -2.32. The third kappa shape index (κ3) is 2.39. The molecule has 0 fully saturated rings. The van der Waals surface area contributed by atoms with Gasteiger partial charge >= 0.3 is 5.97 Å². The molecule has 0 spiro atoms. The number of H-pyrrole nitrogens is 1. The highest BCUT2D eigenvalue weighted by atomic mass is 16.4. The monoisotopic (exact) mass is 324 g/mol. The SMILES string of the molecule is CCn1ccnc1CN1Cc2[nH]c3ccccc3c2CC1C(=O)O. The van der Waals surface area contributed by atoms with Crippen molar-refractivity contribution >= 4 is 16.9 Å². The molecule has 1 aromatic carbocycles. The van der Waals surface area contributed by atoms with Gasteiger partial charge in [0, 0.05) is 48.5 Å². The molecule has 0 saturated heterocycles. The summed E-state index contributed by atoms with van der Waals surface area (Å²) in [6.45, 7) is 4.02. The van der Waals surface area contributed by atoms with Crippen molar-refractivity contribution in [1.29, 1.82) is 0 Å². The van der Waals surface area contributed by atoms with Crippen LogP contribution in [0.5, 0.6) is 0 Å². The molecule has 0 amide bonds. The van der Waals surface area contributed by atoms with Gasteiger partial charge in [0.15, 0.2) is 0 Å². The molecule has 1 aliphatic rings. The van der Waals surface area contributed by atoms with Crippen molar-refractivity contribution in [3.05, 3.63) is 53.7 Å². The summed E-state index contributed by atoms with van der Waals surface area (Å²) in [7, 11) is 0. The normalized spacial score (nSPS) is 18.0. The number of aromatic amines is 1. The van der Waals surface area contributed by atoms with E-state index >= 15 is 0 Å². The van der Waals surface area contributed by atoms with E-state index in [-0.39, 0.29) is 0 Å². The molecule has 1 unspecified atom stereocenters. The zero-order valence-corrected chi connectivity index (χ0v) is 13.6. The molecular formula is C18H20N4O2. The van der Waals surface area contributed by atoms with Crippen LogP contribution in [0.3, 0.4) is 0 Å². The Hall–Kier alpha value is -2.60. The van der Waals surface area contributed by atoms with Crippen molar-refractivity contribution in [2.45, 2.75) is 39.0 Å². The number of nitrogens with zero attached hydrogens (tertiary/aromatic N) is 3. The van der Waals surface area contributed by atoms with Crippen molar-refractivity contribution in [3.8, 4) is 0 Å². The summed E-state index contributed by atoms with van der Waals surface area (Å²) in [5.41, 5.74) is 3.32. The molecule has 2 N–H and O–H groups in total.